The lowest BCUT2D eigenvalue weighted by Crippen LogP contribution is -2.11. The maximum atomic E-state index is 5.01. The lowest BCUT2D eigenvalue weighted by atomic mass is 10.2. The molecule has 4 heterocycles. The van der Waals surface area contributed by atoms with E-state index in [0.717, 1.165) is 52.9 Å². The summed E-state index contributed by atoms with van der Waals surface area (Å²) in [5, 5.41) is 0. The maximum Gasteiger partial charge on any atom is 0.112 e. The zero-order valence-corrected chi connectivity index (χ0v) is 16.2. The molecule has 4 unspecified atom stereocenters. The SMILES string of the molecule is COCC1(C)CO1.COCC1CO1.COCC1CO1.COCC1CO1. The van der Waals surface area contributed by atoms with Crippen LogP contribution < -0.4 is 0 Å². The molecular formula is C17H34O8. The number of ether oxygens (including phenoxy) is 8. The Hall–Kier alpha value is -0.320. The van der Waals surface area contributed by atoms with Crippen molar-refractivity contribution in [1.29, 1.82) is 0 Å². The van der Waals surface area contributed by atoms with E-state index in [1.807, 2.05) is 6.92 Å². The van der Waals surface area contributed by atoms with Crippen LogP contribution >= 0.6 is 0 Å². The molecule has 25 heavy (non-hydrogen) atoms. The van der Waals surface area contributed by atoms with E-state index in [1.165, 1.54) is 0 Å². The van der Waals surface area contributed by atoms with Gasteiger partial charge in [0.2, 0.25) is 0 Å². The van der Waals surface area contributed by atoms with Gasteiger partial charge in [0.1, 0.15) is 23.9 Å². The summed E-state index contributed by atoms with van der Waals surface area (Å²) in [5.41, 5.74) is 0.0781. The van der Waals surface area contributed by atoms with Crippen molar-refractivity contribution < 1.29 is 37.9 Å². The molecule has 4 fully saturated rings. The summed E-state index contributed by atoms with van der Waals surface area (Å²) in [5.74, 6) is 0. The summed E-state index contributed by atoms with van der Waals surface area (Å²) in [6.07, 6.45) is 1.28. The highest BCUT2D eigenvalue weighted by Gasteiger charge is 2.38. The zero-order valence-electron chi connectivity index (χ0n) is 16.2. The number of hydrogen-bond donors (Lipinski definition) is 0. The molecule has 8 heteroatoms. The summed E-state index contributed by atoms with van der Waals surface area (Å²) < 4.78 is 38.5. The lowest BCUT2D eigenvalue weighted by Gasteiger charge is -1.98. The molecule has 0 spiro atoms. The Morgan fingerprint density at radius 1 is 0.720 bits per heavy atom. The average molecular weight is 366 g/mol. The Labute approximate surface area is 150 Å². The van der Waals surface area contributed by atoms with Gasteiger partial charge in [0.25, 0.3) is 0 Å². The molecule has 0 radical (unpaired) electrons. The minimum Gasteiger partial charge on any atom is -0.382 e. The predicted octanol–water partition coefficient (Wildman–Crippen LogP) is 0.517. The van der Waals surface area contributed by atoms with Gasteiger partial charge in [-0.2, -0.15) is 0 Å². The minimum atomic E-state index is 0.0781. The van der Waals surface area contributed by atoms with E-state index >= 15 is 0 Å². The quantitative estimate of drug-likeness (QED) is 0.575. The minimum absolute atomic E-state index is 0.0781. The number of methoxy groups -OCH3 is 4. The molecule has 0 aromatic carbocycles. The number of hydrogen-bond acceptors (Lipinski definition) is 8. The Bertz CT molecular complexity index is 278. The fraction of sp³-hybridized carbons (Fsp3) is 1.00. The van der Waals surface area contributed by atoms with Crippen LogP contribution in [-0.2, 0) is 37.9 Å². The van der Waals surface area contributed by atoms with Crippen molar-refractivity contribution in [3.8, 4) is 0 Å². The smallest absolute Gasteiger partial charge is 0.112 e. The molecular weight excluding hydrogens is 332 g/mol. The molecule has 4 aliphatic heterocycles. The van der Waals surface area contributed by atoms with E-state index in [1.54, 1.807) is 28.4 Å². The first-order chi connectivity index (χ1) is 12.1. The average Bonchev–Trinajstić information content (AvgIpc) is 3.42. The molecule has 0 N–H and O–H groups in total. The fourth-order valence-electron chi connectivity index (χ4n) is 1.56. The van der Waals surface area contributed by atoms with Crippen LogP contribution in [0.5, 0.6) is 0 Å². The molecule has 8 nitrogen and oxygen atoms in total. The molecule has 0 aliphatic carbocycles. The van der Waals surface area contributed by atoms with Gasteiger partial charge in [0.15, 0.2) is 0 Å². The Morgan fingerprint density at radius 3 is 1.12 bits per heavy atom. The van der Waals surface area contributed by atoms with Crippen LogP contribution in [0, 0.1) is 0 Å². The molecule has 4 aliphatic rings. The van der Waals surface area contributed by atoms with E-state index in [2.05, 4.69) is 0 Å². The van der Waals surface area contributed by atoms with Crippen molar-refractivity contribution in [2.24, 2.45) is 0 Å². The summed E-state index contributed by atoms with van der Waals surface area (Å²) in [7, 11) is 6.73. The molecule has 4 rings (SSSR count). The highest BCUT2D eigenvalue weighted by atomic mass is 16.6. The molecule has 0 bridgehead atoms. The third-order valence-electron chi connectivity index (χ3n) is 3.35. The highest BCUT2D eigenvalue weighted by Crippen LogP contribution is 2.25. The lowest BCUT2D eigenvalue weighted by molar-refractivity contribution is 0.130. The van der Waals surface area contributed by atoms with Crippen LogP contribution in [0.3, 0.4) is 0 Å². The summed E-state index contributed by atoms with van der Waals surface area (Å²) in [6, 6.07) is 0. The molecule has 150 valence electrons. The molecule has 4 saturated heterocycles. The highest BCUT2D eigenvalue weighted by molar-refractivity contribution is 4.85. The van der Waals surface area contributed by atoms with E-state index in [9.17, 15) is 0 Å². The maximum absolute atomic E-state index is 5.01. The molecule has 0 aromatic rings. The van der Waals surface area contributed by atoms with Crippen LogP contribution in [0.25, 0.3) is 0 Å². The van der Waals surface area contributed by atoms with E-state index in [0.29, 0.717) is 18.3 Å². The van der Waals surface area contributed by atoms with Crippen LogP contribution in [0.15, 0.2) is 0 Å². The second-order valence-electron chi connectivity index (χ2n) is 6.40. The predicted molar refractivity (Wildman–Crippen MR) is 91.1 cm³/mol. The standard InChI is InChI=1S/C5H10O2.3C4H8O2/c1-5(3-6-2)4-7-5;3*1-5-2-4-3-6-4/h3-4H2,1-2H3;3*4H,2-3H2,1H3. The monoisotopic (exact) mass is 366 g/mol. The largest absolute Gasteiger partial charge is 0.382 e. The Balaban J connectivity index is 0.000000167. The van der Waals surface area contributed by atoms with Gasteiger partial charge >= 0.3 is 0 Å². The van der Waals surface area contributed by atoms with Crippen LogP contribution in [-0.4, -0.2) is 105 Å². The van der Waals surface area contributed by atoms with Gasteiger partial charge in [0.05, 0.1) is 52.9 Å². The van der Waals surface area contributed by atoms with E-state index in [4.69, 9.17) is 37.9 Å². The fourth-order valence-corrected chi connectivity index (χ4v) is 1.56. The third kappa shape index (κ3) is 15.6. The first kappa shape index (κ1) is 22.7. The van der Waals surface area contributed by atoms with Gasteiger partial charge < -0.3 is 37.9 Å². The summed E-state index contributed by atoms with van der Waals surface area (Å²) in [4.78, 5) is 0. The molecule has 0 amide bonds. The van der Waals surface area contributed by atoms with Crippen molar-refractivity contribution in [3.05, 3.63) is 0 Å². The van der Waals surface area contributed by atoms with Crippen LogP contribution in [0.4, 0.5) is 0 Å². The van der Waals surface area contributed by atoms with Gasteiger partial charge in [-0.05, 0) is 6.92 Å². The summed E-state index contributed by atoms with van der Waals surface area (Å²) >= 11 is 0. The normalized spacial score (nSPS) is 32.8. The Morgan fingerprint density at radius 2 is 1.04 bits per heavy atom. The van der Waals surface area contributed by atoms with Gasteiger partial charge in [-0.15, -0.1) is 0 Å². The number of epoxide rings is 4. The first-order valence-electron chi connectivity index (χ1n) is 8.51. The van der Waals surface area contributed by atoms with E-state index < -0.39 is 0 Å². The first-order valence-corrected chi connectivity index (χ1v) is 8.51. The van der Waals surface area contributed by atoms with Crippen molar-refractivity contribution >= 4 is 0 Å². The van der Waals surface area contributed by atoms with Crippen molar-refractivity contribution in [2.75, 3.05) is 81.3 Å². The Kier molecular flexibility index (Phi) is 11.8. The second-order valence-corrected chi connectivity index (χ2v) is 6.40. The van der Waals surface area contributed by atoms with Gasteiger partial charge in [-0.25, -0.2) is 0 Å². The van der Waals surface area contributed by atoms with Gasteiger partial charge in [-0.1, -0.05) is 0 Å². The molecule has 0 aromatic heterocycles. The van der Waals surface area contributed by atoms with E-state index in [-0.39, 0.29) is 5.60 Å². The third-order valence-corrected chi connectivity index (χ3v) is 3.35. The second kappa shape index (κ2) is 12.9. The van der Waals surface area contributed by atoms with Crippen molar-refractivity contribution in [3.63, 3.8) is 0 Å². The van der Waals surface area contributed by atoms with Gasteiger partial charge in [0, 0.05) is 28.4 Å². The van der Waals surface area contributed by atoms with Crippen LogP contribution in [0.2, 0.25) is 0 Å². The van der Waals surface area contributed by atoms with Crippen molar-refractivity contribution in [2.45, 2.75) is 30.8 Å². The van der Waals surface area contributed by atoms with Crippen molar-refractivity contribution in [1.82, 2.24) is 0 Å². The molecule has 4 atom stereocenters. The number of rotatable bonds is 8. The van der Waals surface area contributed by atoms with Crippen LogP contribution in [0.1, 0.15) is 6.92 Å². The van der Waals surface area contributed by atoms with Gasteiger partial charge in [-0.3, -0.25) is 0 Å². The zero-order chi connectivity index (χ0) is 18.5. The topological polar surface area (TPSA) is 87.0 Å². The molecule has 0 saturated carbocycles. The summed E-state index contributed by atoms with van der Waals surface area (Å²) in [6.45, 7) is 8.61.